The second-order valence-corrected chi connectivity index (χ2v) is 5.70. The SMILES string of the molecule is Cc1cc(NCc2ccccc2S)nc(Oc2ccc(F)cc2)n1. The number of benzene rings is 2. The summed E-state index contributed by atoms with van der Waals surface area (Å²) in [6.45, 7) is 2.45. The van der Waals surface area contributed by atoms with Crippen LogP contribution < -0.4 is 10.1 Å². The molecule has 1 heterocycles. The monoisotopic (exact) mass is 341 g/mol. The van der Waals surface area contributed by atoms with Crippen molar-refractivity contribution in [2.75, 3.05) is 5.32 Å². The van der Waals surface area contributed by atoms with Crippen molar-refractivity contribution in [2.45, 2.75) is 18.4 Å². The van der Waals surface area contributed by atoms with Crippen molar-refractivity contribution in [1.29, 1.82) is 0 Å². The molecular formula is C18H16FN3OS. The summed E-state index contributed by atoms with van der Waals surface area (Å²) in [5.74, 6) is 0.810. The number of nitrogens with one attached hydrogen (secondary N) is 1. The topological polar surface area (TPSA) is 47.0 Å². The Morgan fingerprint density at radius 3 is 2.58 bits per heavy atom. The molecule has 0 fully saturated rings. The van der Waals surface area contributed by atoms with E-state index in [-0.39, 0.29) is 11.8 Å². The van der Waals surface area contributed by atoms with Gasteiger partial charge in [-0.15, -0.1) is 12.6 Å². The normalized spacial score (nSPS) is 10.5. The fourth-order valence-electron chi connectivity index (χ4n) is 2.13. The molecule has 4 nitrogen and oxygen atoms in total. The van der Waals surface area contributed by atoms with E-state index in [9.17, 15) is 4.39 Å². The van der Waals surface area contributed by atoms with Gasteiger partial charge in [-0.05, 0) is 42.8 Å². The Bertz CT molecular complexity index is 840. The highest BCUT2D eigenvalue weighted by Crippen LogP contribution is 2.21. The van der Waals surface area contributed by atoms with Crippen molar-refractivity contribution in [3.63, 3.8) is 0 Å². The first-order valence-electron chi connectivity index (χ1n) is 7.40. The lowest BCUT2D eigenvalue weighted by Crippen LogP contribution is -2.04. The zero-order valence-electron chi connectivity index (χ0n) is 13.0. The van der Waals surface area contributed by atoms with Crippen LogP contribution in [0, 0.1) is 12.7 Å². The smallest absolute Gasteiger partial charge is 0.324 e. The van der Waals surface area contributed by atoms with Crippen LogP contribution >= 0.6 is 12.6 Å². The van der Waals surface area contributed by atoms with Gasteiger partial charge < -0.3 is 10.1 Å². The first kappa shape index (κ1) is 16.3. The van der Waals surface area contributed by atoms with Gasteiger partial charge in [0.15, 0.2) is 0 Å². The molecule has 1 N–H and O–H groups in total. The number of aromatic nitrogens is 2. The molecule has 0 spiro atoms. The van der Waals surface area contributed by atoms with Crippen molar-refractivity contribution < 1.29 is 9.13 Å². The molecule has 6 heteroatoms. The molecule has 0 unspecified atom stereocenters. The van der Waals surface area contributed by atoms with Gasteiger partial charge in [0.1, 0.15) is 17.4 Å². The zero-order valence-corrected chi connectivity index (χ0v) is 13.9. The van der Waals surface area contributed by atoms with Crippen LogP contribution in [0.1, 0.15) is 11.3 Å². The summed E-state index contributed by atoms with van der Waals surface area (Å²) in [4.78, 5) is 9.49. The van der Waals surface area contributed by atoms with Gasteiger partial charge in [-0.3, -0.25) is 0 Å². The Balaban J connectivity index is 1.74. The summed E-state index contributed by atoms with van der Waals surface area (Å²) in [6.07, 6.45) is 0. The molecule has 3 rings (SSSR count). The van der Waals surface area contributed by atoms with E-state index in [1.807, 2.05) is 37.3 Å². The third-order valence-electron chi connectivity index (χ3n) is 3.31. The Morgan fingerprint density at radius 1 is 1.08 bits per heavy atom. The first-order valence-corrected chi connectivity index (χ1v) is 7.85. The van der Waals surface area contributed by atoms with Gasteiger partial charge in [-0.2, -0.15) is 4.98 Å². The molecule has 2 aromatic carbocycles. The van der Waals surface area contributed by atoms with E-state index in [2.05, 4.69) is 27.9 Å². The summed E-state index contributed by atoms with van der Waals surface area (Å²) in [5.41, 5.74) is 1.84. The van der Waals surface area contributed by atoms with E-state index in [4.69, 9.17) is 4.74 Å². The number of anilines is 1. The lowest BCUT2D eigenvalue weighted by Gasteiger charge is -2.10. The minimum Gasteiger partial charge on any atom is -0.424 e. The molecule has 0 aliphatic rings. The Hall–Kier alpha value is -2.60. The average molecular weight is 341 g/mol. The molecule has 1 aromatic heterocycles. The largest absolute Gasteiger partial charge is 0.424 e. The van der Waals surface area contributed by atoms with E-state index < -0.39 is 0 Å². The van der Waals surface area contributed by atoms with E-state index in [1.165, 1.54) is 24.3 Å². The number of nitrogens with zero attached hydrogens (tertiary/aromatic N) is 2. The fraction of sp³-hybridized carbons (Fsp3) is 0.111. The van der Waals surface area contributed by atoms with Crippen molar-refractivity contribution >= 4 is 18.4 Å². The zero-order chi connectivity index (χ0) is 16.9. The van der Waals surface area contributed by atoms with Crippen LogP contribution in [0.15, 0.2) is 59.5 Å². The molecule has 3 aromatic rings. The average Bonchev–Trinajstić information content (AvgIpc) is 2.56. The van der Waals surface area contributed by atoms with Crippen LogP contribution in [0.25, 0.3) is 0 Å². The first-order chi connectivity index (χ1) is 11.6. The number of aryl methyl sites for hydroxylation is 1. The molecule has 24 heavy (non-hydrogen) atoms. The summed E-state index contributed by atoms with van der Waals surface area (Å²) in [6, 6.07) is 15.6. The molecule has 0 saturated heterocycles. The molecule has 0 aliphatic heterocycles. The van der Waals surface area contributed by atoms with Crippen LogP contribution in [-0.2, 0) is 6.54 Å². The van der Waals surface area contributed by atoms with Crippen LogP contribution in [0.5, 0.6) is 11.8 Å². The van der Waals surface area contributed by atoms with Crippen molar-refractivity contribution in [2.24, 2.45) is 0 Å². The molecule has 0 radical (unpaired) electrons. The highest BCUT2D eigenvalue weighted by atomic mass is 32.1. The van der Waals surface area contributed by atoms with Gasteiger partial charge in [0.2, 0.25) is 0 Å². The van der Waals surface area contributed by atoms with Crippen molar-refractivity contribution in [1.82, 2.24) is 9.97 Å². The quantitative estimate of drug-likeness (QED) is 0.665. The maximum Gasteiger partial charge on any atom is 0.324 e. The Morgan fingerprint density at radius 2 is 1.83 bits per heavy atom. The predicted octanol–water partition coefficient (Wildman–Crippen LogP) is 4.62. The fourth-order valence-corrected chi connectivity index (χ4v) is 2.37. The third kappa shape index (κ3) is 4.23. The van der Waals surface area contributed by atoms with Gasteiger partial charge in [-0.1, -0.05) is 18.2 Å². The predicted molar refractivity (Wildman–Crippen MR) is 94.3 cm³/mol. The number of hydrogen-bond acceptors (Lipinski definition) is 5. The Labute approximate surface area is 145 Å². The van der Waals surface area contributed by atoms with Crippen LogP contribution in [0.4, 0.5) is 10.2 Å². The molecule has 122 valence electrons. The lowest BCUT2D eigenvalue weighted by atomic mass is 10.2. The highest BCUT2D eigenvalue weighted by Gasteiger charge is 2.06. The third-order valence-corrected chi connectivity index (χ3v) is 3.74. The molecule has 0 atom stereocenters. The molecule has 0 aliphatic carbocycles. The number of halogens is 1. The van der Waals surface area contributed by atoms with Gasteiger partial charge in [0, 0.05) is 23.2 Å². The molecule has 0 saturated carbocycles. The number of thiol groups is 1. The maximum absolute atomic E-state index is 12.9. The van der Waals surface area contributed by atoms with Crippen molar-refractivity contribution in [3.05, 3.63) is 71.7 Å². The van der Waals surface area contributed by atoms with Gasteiger partial charge in [-0.25, -0.2) is 9.37 Å². The number of rotatable bonds is 5. The minimum absolute atomic E-state index is 0.211. The summed E-state index contributed by atoms with van der Waals surface area (Å²) < 4.78 is 18.5. The summed E-state index contributed by atoms with van der Waals surface area (Å²) >= 11 is 4.43. The minimum atomic E-state index is -0.319. The number of hydrogen-bond donors (Lipinski definition) is 2. The number of ether oxygens (including phenoxy) is 1. The van der Waals surface area contributed by atoms with Gasteiger partial charge in [0.25, 0.3) is 0 Å². The van der Waals surface area contributed by atoms with E-state index in [0.717, 1.165) is 16.2 Å². The summed E-state index contributed by atoms with van der Waals surface area (Å²) in [5, 5.41) is 3.24. The Kier molecular flexibility index (Phi) is 4.96. The van der Waals surface area contributed by atoms with E-state index in [1.54, 1.807) is 0 Å². The van der Waals surface area contributed by atoms with E-state index in [0.29, 0.717) is 18.1 Å². The van der Waals surface area contributed by atoms with Crippen LogP contribution in [0.3, 0.4) is 0 Å². The lowest BCUT2D eigenvalue weighted by molar-refractivity contribution is 0.440. The van der Waals surface area contributed by atoms with Crippen LogP contribution in [-0.4, -0.2) is 9.97 Å². The molecular weight excluding hydrogens is 325 g/mol. The maximum atomic E-state index is 12.9. The van der Waals surface area contributed by atoms with E-state index >= 15 is 0 Å². The van der Waals surface area contributed by atoms with Crippen LogP contribution in [0.2, 0.25) is 0 Å². The highest BCUT2D eigenvalue weighted by molar-refractivity contribution is 7.80. The molecule has 0 bridgehead atoms. The second kappa shape index (κ2) is 7.31. The van der Waals surface area contributed by atoms with Crippen molar-refractivity contribution in [3.8, 4) is 11.8 Å². The van der Waals surface area contributed by atoms with Gasteiger partial charge in [0.05, 0.1) is 0 Å². The molecule has 0 amide bonds. The second-order valence-electron chi connectivity index (χ2n) is 5.22. The van der Waals surface area contributed by atoms with Gasteiger partial charge >= 0.3 is 6.01 Å². The summed E-state index contributed by atoms with van der Waals surface area (Å²) in [7, 11) is 0. The standard InChI is InChI=1S/C18H16FN3OS/c1-12-10-17(20-11-13-4-2-3-5-16(13)24)22-18(21-12)23-15-8-6-14(19)7-9-15/h2-10,24H,11H2,1H3,(H,20,21,22).